The van der Waals surface area contributed by atoms with Gasteiger partial charge in [0.1, 0.15) is 0 Å². The third-order valence-electron chi connectivity index (χ3n) is 1.44. The number of nitrogens with one attached hydrogen (secondary N) is 1. The van der Waals surface area contributed by atoms with E-state index in [9.17, 15) is 4.79 Å². The molecule has 0 amide bonds. The fourth-order valence-corrected chi connectivity index (χ4v) is 0.919. The van der Waals surface area contributed by atoms with E-state index in [2.05, 4.69) is 15.0 Å². The number of pyridine rings is 1. The van der Waals surface area contributed by atoms with Gasteiger partial charge in [0.05, 0.1) is 23.4 Å². The van der Waals surface area contributed by atoms with Crippen LogP contribution in [0.25, 0.3) is 10.9 Å². The molecular formula is C9H11N3O. The average Bonchev–Trinajstić information content (AvgIpc) is 2.22. The van der Waals surface area contributed by atoms with Crippen LogP contribution in [-0.4, -0.2) is 15.0 Å². The largest absolute Gasteiger partial charge is 0.313 e. The minimum atomic E-state index is -0.127. The van der Waals surface area contributed by atoms with Crippen molar-refractivity contribution in [1.82, 2.24) is 15.0 Å². The summed E-state index contributed by atoms with van der Waals surface area (Å²) in [5.41, 5.74) is 0.494. The first-order valence-electron chi connectivity index (χ1n) is 4.15. The standard InChI is InChI=1S/C7H5N3O.C2H6/c11-7-5-1-2-8-3-6(5)9-4-10-7;1-2/h1-4H,(H,9,10,11);1-2H3. The van der Waals surface area contributed by atoms with E-state index in [1.54, 1.807) is 18.5 Å². The maximum atomic E-state index is 11.1. The van der Waals surface area contributed by atoms with Gasteiger partial charge in [0.15, 0.2) is 0 Å². The van der Waals surface area contributed by atoms with Crippen LogP contribution in [0, 0.1) is 0 Å². The minimum Gasteiger partial charge on any atom is -0.313 e. The Hall–Kier alpha value is -1.71. The molecule has 2 aromatic heterocycles. The summed E-state index contributed by atoms with van der Waals surface area (Å²) in [5.74, 6) is 0. The van der Waals surface area contributed by atoms with E-state index in [4.69, 9.17) is 0 Å². The second kappa shape index (κ2) is 4.35. The number of hydrogen-bond donors (Lipinski definition) is 1. The molecule has 0 saturated heterocycles. The highest BCUT2D eigenvalue weighted by molar-refractivity contribution is 5.75. The van der Waals surface area contributed by atoms with Gasteiger partial charge in [-0.15, -0.1) is 0 Å². The highest BCUT2D eigenvalue weighted by atomic mass is 16.1. The Bertz CT molecular complexity index is 431. The van der Waals surface area contributed by atoms with E-state index in [1.165, 1.54) is 6.33 Å². The molecule has 0 spiro atoms. The summed E-state index contributed by atoms with van der Waals surface area (Å²) in [5, 5.41) is 0.572. The first-order chi connectivity index (χ1) is 6.38. The second-order valence-corrected chi connectivity index (χ2v) is 2.12. The van der Waals surface area contributed by atoms with E-state index in [0.29, 0.717) is 10.9 Å². The van der Waals surface area contributed by atoms with Crippen molar-refractivity contribution in [2.45, 2.75) is 13.8 Å². The maximum absolute atomic E-state index is 11.1. The van der Waals surface area contributed by atoms with Gasteiger partial charge in [0, 0.05) is 6.20 Å². The molecular weight excluding hydrogens is 166 g/mol. The Labute approximate surface area is 75.7 Å². The molecule has 1 N–H and O–H groups in total. The van der Waals surface area contributed by atoms with Gasteiger partial charge in [-0.2, -0.15) is 0 Å². The Kier molecular flexibility index (Phi) is 3.14. The van der Waals surface area contributed by atoms with Gasteiger partial charge in [0.2, 0.25) is 0 Å². The van der Waals surface area contributed by atoms with Crippen LogP contribution >= 0.6 is 0 Å². The van der Waals surface area contributed by atoms with Crippen molar-refractivity contribution in [3.63, 3.8) is 0 Å². The predicted molar refractivity (Wildman–Crippen MR) is 51.5 cm³/mol. The molecule has 2 aromatic rings. The highest BCUT2D eigenvalue weighted by Crippen LogP contribution is 1.99. The molecule has 2 heterocycles. The lowest BCUT2D eigenvalue weighted by atomic mass is 10.3. The van der Waals surface area contributed by atoms with Gasteiger partial charge in [-0.1, -0.05) is 13.8 Å². The van der Waals surface area contributed by atoms with E-state index in [-0.39, 0.29) is 5.56 Å². The smallest absolute Gasteiger partial charge is 0.258 e. The van der Waals surface area contributed by atoms with Crippen molar-refractivity contribution in [1.29, 1.82) is 0 Å². The second-order valence-electron chi connectivity index (χ2n) is 2.12. The predicted octanol–water partition coefficient (Wildman–Crippen LogP) is 1.34. The summed E-state index contributed by atoms with van der Waals surface area (Å²) >= 11 is 0. The van der Waals surface area contributed by atoms with Crippen molar-refractivity contribution < 1.29 is 0 Å². The van der Waals surface area contributed by atoms with Gasteiger partial charge in [-0.25, -0.2) is 4.98 Å². The Morgan fingerprint density at radius 3 is 2.85 bits per heavy atom. The zero-order chi connectivity index (χ0) is 9.68. The molecule has 0 bridgehead atoms. The Balaban J connectivity index is 0.000000396. The Morgan fingerprint density at radius 2 is 2.15 bits per heavy atom. The summed E-state index contributed by atoms with van der Waals surface area (Å²) in [4.78, 5) is 21.3. The number of rotatable bonds is 0. The number of aromatic amines is 1. The van der Waals surface area contributed by atoms with E-state index in [0.717, 1.165) is 0 Å². The van der Waals surface area contributed by atoms with Gasteiger partial charge < -0.3 is 4.98 Å². The zero-order valence-corrected chi connectivity index (χ0v) is 7.61. The number of fused-ring (bicyclic) bond motifs is 1. The molecule has 4 nitrogen and oxygen atoms in total. The fourth-order valence-electron chi connectivity index (χ4n) is 0.919. The maximum Gasteiger partial charge on any atom is 0.258 e. The van der Waals surface area contributed by atoms with Crippen LogP contribution in [0.3, 0.4) is 0 Å². The zero-order valence-electron chi connectivity index (χ0n) is 7.61. The Morgan fingerprint density at radius 1 is 1.38 bits per heavy atom. The van der Waals surface area contributed by atoms with Crippen molar-refractivity contribution in [2.24, 2.45) is 0 Å². The molecule has 13 heavy (non-hydrogen) atoms. The normalized spacial score (nSPS) is 9.08. The lowest BCUT2D eigenvalue weighted by Crippen LogP contribution is -2.05. The van der Waals surface area contributed by atoms with E-state index in [1.807, 2.05) is 13.8 Å². The van der Waals surface area contributed by atoms with E-state index < -0.39 is 0 Å². The van der Waals surface area contributed by atoms with Crippen molar-refractivity contribution in [3.8, 4) is 0 Å². The number of nitrogens with zero attached hydrogens (tertiary/aromatic N) is 2. The molecule has 0 radical (unpaired) electrons. The SMILES string of the molecule is CC.O=c1[nH]cnc2cnccc12. The third-order valence-corrected chi connectivity index (χ3v) is 1.44. The molecule has 2 rings (SSSR count). The summed E-state index contributed by atoms with van der Waals surface area (Å²) in [6, 6.07) is 1.64. The van der Waals surface area contributed by atoms with Crippen LogP contribution in [0.2, 0.25) is 0 Å². The molecule has 4 heteroatoms. The molecule has 0 aromatic carbocycles. The van der Waals surface area contributed by atoms with Crippen LogP contribution < -0.4 is 5.56 Å². The number of aromatic nitrogens is 3. The average molecular weight is 177 g/mol. The quantitative estimate of drug-likeness (QED) is 0.660. The van der Waals surface area contributed by atoms with E-state index >= 15 is 0 Å². The molecule has 0 aliphatic heterocycles. The third kappa shape index (κ3) is 1.90. The summed E-state index contributed by atoms with van der Waals surface area (Å²) in [7, 11) is 0. The number of hydrogen-bond acceptors (Lipinski definition) is 3. The fraction of sp³-hybridized carbons (Fsp3) is 0.222. The van der Waals surface area contributed by atoms with Gasteiger partial charge in [-0.3, -0.25) is 9.78 Å². The lowest BCUT2D eigenvalue weighted by molar-refractivity contribution is 1.16. The number of H-pyrrole nitrogens is 1. The van der Waals surface area contributed by atoms with Gasteiger partial charge >= 0.3 is 0 Å². The van der Waals surface area contributed by atoms with Crippen LogP contribution in [0.1, 0.15) is 13.8 Å². The lowest BCUT2D eigenvalue weighted by Gasteiger charge is -1.90. The highest BCUT2D eigenvalue weighted by Gasteiger charge is 1.95. The molecule has 0 aliphatic rings. The van der Waals surface area contributed by atoms with Crippen LogP contribution in [-0.2, 0) is 0 Å². The van der Waals surface area contributed by atoms with Crippen LogP contribution in [0.15, 0.2) is 29.6 Å². The minimum absolute atomic E-state index is 0.127. The first kappa shape index (κ1) is 9.38. The van der Waals surface area contributed by atoms with Crippen molar-refractivity contribution in [3.05, 3.63) is 35.1 Å². The molecule has 0 unspecified atom stereocenters. The summed E-state index contributed by atoms with van der Waals surface area (Å²) in [6.07, 6.45) is 4.50. The van der Waals surface area contributed by atoms with Gasteiger partial charge in [-0.05, 0) is 6.07 Å². The molecule has 0 saturated carbocycles. The molecule has 0 fully saturated rings. The molecule has 68 valence electrons. The summed E-state index contributed by atoms with van der Waals surface area (Å²) in [6.45, 7) is 4.00. The first-order valence-corrected chi connectivity index (χ1v) is 4.15. The van der Waals surface area contributed by atoms with Crippen molar-refractivity contribution in [2.75, 3.05) is 0 Å². The summed E-state index contributed by atoms with van der Waals surface area (Å²) < 4.78 is 0. The monoisotopic (exact) mass is 177 g/mol. The van der Waals surface area contributed by atoms with Crippen molar-refractivity contribution >= 4 is 10.9 Å². The molecule has 0 aliphatic carbocycles. The topological polar surface area (TPSA) is 58.6 Å². The van der Waals surface area contributed by atoms with Crippen LogP contribution in [0.5, 0.6) is 0 Å². The van der Waals surface area contributed by atoms with Gasteiger partial charge in [0.25, 0.3) is 5.56 Å². The molecule has 0 atom stereocenters. The van der Waals surface area contributed by atoms with Crippen LogP contribution in [0.4, 0.5) is 0 Å².